The third kappa shape index (κ3) is 5.06. The Labute approximate surface area is 159 Å². The van der Waals surface area contributed by atoms with Gasteiger partial charge in [-0.2, -0.15) is 0 Å². The topological polar surface area (TPSA) is 125 Å². The smallest absolute Gasteiger partial charge is 0.326 e. The number of fused-ring (bicyclic) bond motifs is 1. The lowest BCUT2D eigenvalue weighted by Crippen LogP contribution is -2.45. The fraction of sp³-hybridized carbons (Fsp3) is 0.500. The van der Waals surface area contributed by atoms with Crippen molar-refractivity contribution in [2.24, 2.45) is 10.9 Å². The fourth-order valence-corrected chi connectivity index (χ4v) is 4.10. The van der Waals surface area contributed by atoms with Crippen LogP contribution in [0.5, 0.6) is 0 Å². The summed E-state index contributed by atoms with van der Waals surface area (Å²) in [5.41, 5.74) is 0.405. The third-order valence-electron chi connectivity index (χ3n) is 4.14. The largest absolute Gasteiger partial charge is 0.480 e. The molecule has 2 rings (SSSR count). The molecule has 2 unspecified atom stereocenters. The molecule has 1 aromatic carbocycles. The molecular weight excluding hydrogens is 370 g/mol. The molecule has 148 valence electrons. The minimum atomic E-state index is -3.71. The van der Waals surface area contributed by atoms with Gasteiger partial charge in [0, 0.05) is 5.56 Å². The van der Waals surface area contributed by atoms with Gasteiger partial charge in [-0.1, -0.05) is 39.3 Å². The van der Waals surface area contributed by atoms with Crippen LogP contribution in [0, 0.1) is 5.92 Å². The number of carbonyl (C=O) groups is 2. The molecule has 0 radical (unpaired) electrons. The van der Waals surface area contributed by atoms with Crippen molar-refractivity contribution in [2.45, 2.75) is 57.0 Å². The molecule has 1 aliphatic rings. The van der Waals surface area contributed by atoms with Crippen molar-refractivity contribution < 1.29 is 23.1 Å². The highest BCUT2D eigenvalue weighted by atomic mass is 32.2. The molecule has 2 atom stereocenters. The van der Waals surface area contributed by atoms with E-state index in [-0.39, 0.29) is 16.6 Å². The van der Waals surface area contributed by atoms with Crippen LogP contribution in [0.1, 0.15) is 45.6 Å². The van der Waals surface area contributed by atoms with E-state index in [2.05, 4.69) is 15.0 Å². The molecule has 0 fully saturated rings. The van der Waals surface area contributed by atoms with Crippen LogP contribution in [0.3, 0.4) is 0 Å². The van der Waals surface area contributed by atoms with E-state index in [4.69, 9.17) is 0 Å². The lowest BCUT2D eigenvalue weighted by molar-refractivity contribution is -0.142. The van der Waals surface area contributed by atoms with Gasteiger partial charge in [0.25, 0.3) is 10.0 Å². The summed E-state index contributed by atoms with van der Waals surface area (Å²) in [5.74, 6) is -1.42. The molecule has 9 heteroatoms. The van der Waals surface area contributed by atoms with E-state index in [1.165, 1.54) is 6.07 Å². The number of hydrogen-bond acceptors (Lipinski definition) is 5. The molecule has 0 aromatic heterocycles. The lowest BCUT2D eigenvalue weighted by Gasteiger charge is -2.19. The van der Waals surface area contributed by atoms with Crippen molar-refractivity contribution in [3.63, 3.8) is 0 Å². The minimum Gasteiger partial charge on any atom is -0.480 e. The van der Waals surface area contributed by atoms with Crippen LogP contribution >= 0.6 is 0 Å². The summed E-state index contributed by atoms with van der Waals surface area (Å²) >= 11 is 0. The van der Waals surface area contributed by atoms with E-state index in [9.17, 15) is 23.1 Å². The standard InChI is InChI=1S/C18H25N3O5S/c1-4-7-13(18(23)24)20-17(22)14(10-11(2)3)19-16-12-8-5-6-9-15(12)27(25,26)21-16/h5-6,8-9,11,13-14H,4,7,10H2,1-3H3,(H,19,21)(H,20,22)(H,23,24). The molecule has 8 nitrogen and oxygen atoms in total. The van der Waals surface area contributed by atoms with Gasteiger partial charge in [0.05, 0.1) is 4.90 Å². The number of benzene rings is 1. The maximum absolute atomic E-state index is 12.7. The van der Waals surface area contributed by atoms with Crippen molar-refractivity contribution in [3.05, 3.63) is 29.8 Å². The van der Waals surface area contributed by atoms with Crippen LogP contribution in [-0.2, 0) is 19.6 Å². The molecule has 3 N–H and O–H groups in total. The number of amides is 1. The first-order chi connectivity index (χ1) is 12.7. The highest BCUT2D eigenvalue weighted by molar-refractivity contribution is 7.90. The van der Waals surface area contributed by atoms with Crippen LogP contribution in [0.2, 0.25) is 0 Å². The minimum absolute atomic E-state index is 0.104. The number of nitrogens with zero attached hydrogens (tertiary/aromatic N) is 1. The van der Waals surface area contributed by atoms with Gasteiger partial charge < -0.3 is 10.4 Å². The Morgan fingerprint density at radius 2 is 1.93 bits per heavy atom. The first-order valence-corrected chi connectivity index (χ1v) is 10.4. The third-order valence-corrected chi connectivity index (χ3v) is 5.53. The number of nitrogens with one attached hydrogen (secondary N) is 2. The maximum atomic E-state index is 12.7. The average molecular weight is 395 g/mol. The molecule has 0 saturated heterocycles. The second-order valence-corrected chi connectivity index (χ2v) is 8.56. The summed E-state index contributed by atoms with van der Waals surface area (Å²) in [7, 11) is -3.71. The van der Waals surface area contributed by atoms with Crippen molar-refractivity contribution >= 4 is 27.7 Å². The van der Waals surface area contributed by atoms with E-state index in [0.29, 0.717) is 24.8 Å². The van der Waals surface area contributed by atoms with Crippen molar-refractivity contribution in [3.8, 4) is 0 Å². The summed E-state index contributed by atoms with van der Waals surface area (Å²) in [6, 6.07) is 4.50. The summed E-state index contributed by atoms with van der Waals surface area (Å²) in [4.78, 5) is 28.5. The monoisotopic (exact) mass is 395 g/mol. The summed E-state index contributed by atoms with van der Waals surface area (Å²) in [6.45, 7) is 5.65. The number of carboxylic acid groups (broad SMARTS) is 1. The van der Waals surface area contributed by atoms with Gasteiger partial charge in [-0.05, 0) is 30.9 Å². The summed E-state index contributed by atoms with van der Waals surface area (Å²) in [6.07, 6.45) is 1.27. The van der Waals surface area contributed by atoms with E-state index < -0.39 is 34.0 Å². The highest BCUT2D eigenvalue weighted by Crippen LogP contribution is 2.23. The van der Waals surface area contributed by atoms with Crippen LogP contribution in [0.4, 0.5) is 0 Å². The van der Waals surface area contributed by atoms with Gasteiger partial charge in [0.2, 0.25) is 5.91 Å². The van der Waals surface area contributed by atoms with Gasteiger partial charge in [0.15, 0.2) is 0 Å². The Balaban J connectivity index is 2.33. The first kappa shape index (κ1) is 20.9. The molecule has 1 aromatic rings. The number of carboxylic acids is 1. The Bertz CT molecular complexity index is 848. The van der Waals surface area contributed by atoms with Gasteiger partial charge in [-0.3, -0.25) is 14.5 Å². The number of sulfonamides is 1. The van der Waals surface area contributed by atoms with Crippen LogP contribution in [0.25, 0.3) is 0 Å². The predicted octanol–water partition coefficient (Wildman–Crippen LogP) is 1.51. The number of aliphatic carboxylic acids is 1. The number of amidine groups is 1. The molecular formula is C18H25N3O5S. The summed E-state index contributed by atoms with van der Waals surface area (Å²) < 4.78 is 26.8. The molecule has 0 bridgehead atoms. The molecule has 0 saturated carbocycles. The number of hydrogen-bond donors (Lipinski definition) is 3. The van der Waals surface area contributed by atoms with Gasteiger partial charge in [-0.25, -0.2) is 13.2 Å². The average Bonchev–Trinajstić information content (AvgIpc) is 2.84. The molecule has 1 aliphatic heterocycles. The Hall–Kier alpha value is -2.42. The van der Waals surface area contributed by atoms with Gasteiger partial charge in [-0.15, -0.1) is 0 Å². The Morgan fingerprint density at radius 1 is 1.26 bits per heavy atom. The molecule has 1 amide bonds. The molecule has 1 heterocycles. The molecule has 0 aliphatic carbocycles. The fourth-order valence-electron chi connectivity index (χ4n) is 2.86. The number of carbonyl (C=O) groups excluding carboxylic acids is 1. The Morgan fingerprint density at radius 3 is 2.52 bits per heavy atom. The van der Waals surface area contributed by atoms with E-state index >= 15 is 0 Å². The second kappa shape index (κ2) is 8.51. The molecule has 0 spiro atoms. The van der Waals surface area contributed by atoms with Crippen molar-refractivity contribution in [1.82, 2.24) is 10.0 Å². The zero-order valence-electron chi connectivity index (χ0n) is 15.6. The van der Waals surface area contributed by atoms with E-state index in [1.54, 1.807) is 18.2 Å². The normalized spacial score (nSPS) is 18.6. The quantitative estimate of drug-likeness (QED) is 0.615. The van der Waals surface area contributed by atoms with Crippen molar-refractivity contribution in [2.75, 3.05) is 0 Å². The zero-order valence-corrected chi connectivity index (χ0v) is 16.4. The lowest BCUT2D eigenvalue weighted by atomic mass is 10.0. The van der Waals surface area contributed by atoms with Crippen LogP contribution in [0.15, 0.2) is 34.2 Å². The van der Waals surface area contributed by atoms with Gasteiger partial charge >= 0.3 is 5.97 Å². The number of aliphatic imine (C=N–C) groups is 1. The Kier molecular flexibility index (Phi) is 6.59. The molecule has 27 heavy (non-hydrogen) atoms. The van der Waals surface area contributed by atoms with Gasteiger partial charge in [0.1, 0.15) is 17.9 Å². The SMILES string of the molecule is CCCC(NC(=O)C(CC(C)C)N=C1NS(=O)(=O)c2ccccc21)C(=O)O. The van der Waals surface area contributed by atoms with Crippen LogP contribution < -0.4 is 10.0 Å². The maximum Gasteiger partial charge on any atom is 0.326 e. The van der Waals surface area contributed by atoms with Crippen LogP contribution in [-0.4, -0.2) is 43.3 Å². The first-order valence-electron chi connectivity index (χ1n) is 8.89. The van der Waals surface area contributed by atoms with Crippen molar-refractivity contribution in [1.29, 1.82) is 0 Å². The highest BCUT2D eigenvalue weighted by Gasteiger charge is 2.32. The second-order valence-electron chi connectivity index (χ2n) is 6.91. The van der Waals surface area contributed by atoms with E-state index in [0.717, 1.165) is 0 Å². The number of rotatable bonds is 8. The summed E-state index contributed by atoms with van der Waals surface area (Å²) in [5, 5.41) is 11.8. The van der Waals surface area contributed by atoms with E-state index in [1.807, 2.05) is 20.8 Å². The zero-order chi connectivity index (χ0) is 20.2. The predicted molar refractivity (Wildman–Crippen MR) is 101 cm³/mol.